The molecule has 0 aliphatic carbocycles. The highest BCUT2D eigenvalue weighted by atomic mass is 35.5. The molecule has 2 unspecified atom stereocenters. The van der Waals surface area contributed by atoms with Crippen LogP contribution >= 0.6 is 11.6 Å². The van der Waals surface area contributed by atoms with Gasteiger partial charge in [0, 0.05) is 37.4 Å². The van der Waals surface area contributed by atoms with Crippen molar-refractivity contribution in [1.82, 2.24) is 25.1 Å². The van der Waals surface area contributed by atoms with E-state index >= 15 is 0 Å². The van der Waals surface area contributed by atoms with Gasteiger partial charge in [-0.3, -0.25) is 9.48 Å². The smallest absolute Gasteiger partial charge is 0.416 e. The van der Waals surface area contributed by atoms with Crippen LogP contribution in [-0.2, 0) is 33.4 Å². The van der Waals surface area contributed by atoms with Gasteiger partial charge in [-0.25, -0.2) is 15.2 Å². The molecular weight excluding hydrogens is 551 g/mol. The number of carbonyl (C=O) groups excluding carboxylic acids is 2. The van der Waals surface area contributed by atoms with E-state index in [0.29, 0.717) is 42.9 Å². The fraction of sp³-hybridized carbons (Fsp3) is 0.519. The van der Waals surface area contributed by atoms with Gasteiger partial charge in [0.15, 0.2) is 5.69 Å². The summed E-state index contributed by atoms with van der Waals surface area (Å²) in [6.07, 6.45) is -1.95. The molecule has 40 heavy (non-hydrogen) atoms. The summed E-state index contributed by atoms with van der Waals surface area (Å²) in [7, 11) is 0. The van der Waals surface area contributed by atoms with E-state index in [0.717, 1.165) is 18.9 Å². The van der Waals surface area contributed by atoms with Crippen LogP contribution < -0.4 is 5.43 Å². The Morgan fingerprint density at radius 1 is 1.30 bits per heavy atom. The minimum Gasteiger partial charge on any atom is -0.461 e. The number of hydrogen-bond donors (Lipinski definition) is 1. The molecule has 1 aromatic carbocycles. The first-order valence-electron chi connectivity index (χ1n) is 13.4. The van der Waals surface area contributed by atoms with Crippen LogP contribution in [0.25, 0.3) is 0 Å². The van der Waals surface area contributed by atoms with Gasteiger partial charge in [0.1, 0.15) is 11.3 Å². The number of fused-ring (bicyclic) bond motifs is 1. The van der Waals surface area contributed by atoms with Crippen LogP contribution in [0.1, 0.15) is 72.0 Å². The Labute approximate surface area is 234 Å². The number of hydrogen-bond acceptors (Lipinski definition) is 7. The predicted octanol–water partition coefficient (Wildman–Crippen LogP) is 4.37. The molecule has 1 fully saturated rings. The number of alkyl halides is 3. The zero-order chi connectivity index (χ0) is 28.6. The van der Waals surface area contributed by atoms with Crippen LogP contribution in [0.4, 0.5) is 13.2 Å². The number of carbonyl (C=O) groups is 2. The highest BCUT2D eigenvalue weighted by Gasteiger charge is 2.39. The van der Waals surface area contributed by atoms with Gasteiger partial charge >= 0.3 is 12.1 Å². The quantitative estimate of drug-likeness (QED) is 0.507. The fourth-order valence-electron chi connectivity index (χ4n) is 5.56. The molecule has 9 nitrogen and oxygen atoms in total. The number of aromatic nitrogens is 2. The molecule has 4 heterocycles. The zero-order valence-corrected chi connectivity index (χ0v) is 23.0. The highest BCUT2D eigenvalue weighted by molar-refractivity contribution is 6.42. The van der Waals surface area contributed by atoms with Crippen molar-refractivity contribution in [3.8, 4) is 0 Å². The highest BCUT2D eigenvalue weighted by Crippen LogP contribution is 2.38. The molecule has 13 heteroatoms. The van der Waals surface area contributed by atoms with Gasteiger partial charge in [-0.1, -0.05) is 29.8 Å². The number of hydrazine groups is 1. The van der Waals surface area contributed by atoms with Crippen molar-refractivity contribution in [2.45, 2.75) is 64.5 Å². The Kier molecular flexibility index (Phi) is 8.12. The molecule has 1 amide bonds. The number of esters is 1. The average molecular weight is 582 g/mol. The van der Waals surface area contributed by atoms with Crippen LogP contribution in [0.3, 0.4) is 0 Å². The van der Waals surface area contributed by atoms with Crippen molar-refractivity contribution in [2.24, 2.45) is 0 Å². The lowest BCUT2D eigenvalue weighted by molar-refractivity contribution is -0.156. The Morgan fingerprint density at radius 2 is 2.08 bits per heavy atom. The summed E-state index contributed by atoms with van der Waals surface area (Å²) in [4.78, 5) is 27.9. The molecule has 2 atom stereocenters. The standard InChI is InChI=1S/C27H31ClF3N5O4/c1-3-39-26(38)24-18-15-34(21-14-32-36(25(37)23(21)28)22-10-6-7-13-40-22)12-11-20(18)35(33-24)16(2)17-8-4-5-9-19(17)27(29,30)31/h4-5,8-9,16,22,32H,3,6-7,10-15H2,1-2H3. The lowest BCUT2D eigenvalue weighted by Gasteiger charge is -2.40. The Morgan fingerprint density at radius 3 is 2.77 bits per heavy atom. The van der Waals surface area contributed by atoms with E-state index in [1.807, 2.05) is 4.90 Å². The fourth-order valence-corrected chi connectivity index (χ4v) is 5.84. The topological polar surface area (TPSA) is 88.9 Å². The third-order valence-corrected chi connectivity index (χ3v) is 7.92. The number of ether oxygens (including phenoxy) is 2. The normalized spacial score (nSPS) is 20.9. The van der Waals surface area contributed by atoms with Crippen LogP contribution in [0.15, 0.2) is 35.0 Å². The Balaban J connectivity index is 1.47. The van der Waals surface area contributed by atoms with Gasteiger partial charge in [0.25, 0.3) is 5.91 Å². The lowest BCUT2D eigenvalue weighted by atomic mass is 9.99. The summed E-state index contributed by atoms with van der Waals surface area (Å²) in [6, 6.07) is 4.56. The van der Waals surface area contributed by atoms with Crippen molar-refractivity contribution in [2.75, 3.05) is 26.3 Å². The second kappa shape index (κ2) is 11.4. The number of rotatable bonds is 6. The van der Waals surface area contributed by atoms with E-state index in [-0.39, 0.29) is 48.1 Å². The van der Waals surface area contributed by atoms with Crippen LogP contribution in [0.2, 0.25) is 0 Å². The molecule has 1 saturated heterocycles. The molecule has 0 bridgehead atoms. The van der Waals surface area contributed by atoms with Gasteiger partial charge in [0.05, 0.1) is 30.5 Å². The minimum atomic E-state index is -4.54. The first kappa shape index (κ1) is 28.4. The summed E-state index contributed by atoms with van der Waals surface area (Å²) >= 11 is 6.59. The van der Waals surface area contributed by atoms with Crippen molar-refractivity contribution in [1.29, 1.82) is 0 Å². The lowest BCUT2D eigenvalue weighted by Crippen LogP contribution is -2.56. The summed E-state index contributed by atoms with van der Waals surface area (Å²) < 4.78 is 53.8. The second-order valence-corrected chi connectivity index (χ2v) is 10.3. The van der Waals surface area contributed by atoms with Crippen molar-refractivity contribution in [3.05, 3.63) is 63.1 Å². The summed E-state index contributed by atoms with van der Waals surface area (Å²) in [5.74, 6) is -1.05. The van der Waals surface area contributed by atoms with Crippen molar-refractivity contribution < 1.29 is 32.2 Å². The molecule has 216 valence electrons. The monoisotopic (exact) mass is 581 g/mol. The molecule has 1 N–H and O–H groups in total. The Bertz CT molecular complexity index is 1320. The number of halogens is 4. The van der Waals surface area contributed by atoms with Crippen molar-refractivity contribution >= 4 is 23.5 Å². The maximum Gasteiger partial charge on any atom is 0.416 e. The van der Waals surface area contributed by atoms with Crippen LogP contribution in [-0.4, -0.2) is 64.1 Å². The van der Waals surface area contributed by atoms with Crippen molar-refractivity contribution in [3.63, 3.8) is 0 Å². The molecule has 1 aromatic heterocycles. The van der Waals surface area contributed by atoms with E-state index in [1.54, 1.807) is 19.9 Å². The molecule has 5 rings (SSSR count). The summed E-state index contributed by atoms with van der Waals surface area (Å²) in [5, 5.41) is 5.98. The second-order valence-electron chi connectivity index (χ2n) is 9.96. The molecule has 0 spiro atoms. The van der Waals surface area contributed by atoms with E-state index in [4.69, 9.17) is 21.1 Å². The SMILES string of the molecule is CCOC(=O)c1nn(C(C)c2ccccc2C(F)(F)F)c2c1CN(C1=C(Cl)C(=O)N(C3CCCCO3)NC1)CC2. The molecule has 0 saturated carbocycles. The number of nitrogens with zero attached hydrogens (tertiary/aromatic N) is 4. The third-order valence-electron chi connectivity index (χ3n) is 7.54. The largest absolute Gasteiger partial charge is 0.461 e. The Hall–Kier alpha value is -3.09. The summed E-state index contributed by atoms with van der Waals surface area (Å²) in [5.41, 5.74) is 4.22. The minimum absolute atomic E-state index is 0.0435. The van der Waals surface area contributed by atoms with Gasteiger partial charge in [-0.15, -0.1) is 0 Å². The van der Waals surface area contributed by atoms with E-state index in [1.165, 1.54) is 21.8 Å². The third kappa shape index (κ3) is 5.31. The van der Waals surface area contributed by atoms with Gasteiger partial charge in [-0.05, 0) is 44.7 Å². The predicted molar refractivity (Wildman–Crippen MR) is 139 cm³/mol. The molecule has 3 aliphatic rings. The first-order chi connectivity index (χ1) is 19.1. The van der Waals surface area contributed by atoms with Crippen LogP contribution in [0, 0.1) is 0 Å². The van der Waals surface area contributed by atoms with E-state index < -0.39 is 23.8 Å². The maximum atomic E-state index is 13.8. The van der Waals surface area contributed by atoms with E-state index in [2.05, 4.69) is 10.5 Å². The van der Waals surface area contributed by atoms with Gasteiger partial charge in [-0.2, -0.15) is 18.3 Å². The molecule has 2 aromatic rings. The molecule has 0 radical (unpaired) electrons. The average Bonchev–Trinajstić information content (AvgIpc) is 3.33. The summed E-state index contributed by atoms with van der Waals surface area (Å²) in [6.45, 7) is 4.88. The van der Waals surface area contributed by atoms with Crippen LogP contribution in [0.5, 0.6) is 0 Å². The molecular formula is C27H31ClF3N5O4. The zero-order valence-electron chi connectivity index (χ0n) is 22.3. The number of benzene rings is 1. The number of nitrogens with one attached hydrogen (secondary N) is 1. The first-order valence-corrected chi connectivity index (χ1v) is 13.7. The maximum absolute atomic E-state index is 13.8. The van der Waals surface area contributed by atoms with Gasteiger partial charge in [0.2, 0.25) is 0 Å². The molecule has 3 aliphatic heterocycles. The van der Waals surface area contributed by atoms with Gasteiger partial charge < -0.3 is 14.4 Å². The number of amides is 1. The van der Waals surface area contributed by atoms with E-state index in [9.17, 15) is 22.8 Å².